The monoisotopic (exact) mass is 373 g/mol. The average Bonchev–Trinajstić information content (AvgIpc) is 3.15. The fraction of sp³-hybridized carbons (Fsp3) is 0.261. The summed E-state index contributed by atoms with van der Waals surface area (Å²) in [5.74, 6) is -0.362. The van der Waals surface area contributed by atoms with Gasteiger partial charge in [-0.3, -0.25) is 14.6 Å². The van der Waals surface area contributed by atoms with E-state index in [-0.39, 0.29) is 23.1 Å². The van der Waals surface area contributed by atoms with Crippen LogP contribution in [0.5, 0.6) is 0 Å². The fourth-order valence-electron chi connectivity index (χ4n) is 3.86. The van der Waals surface area contributed by atoms with Crippen molar-refractivity contribution >= 4 is 5.91 Å². The summed E-state index contributed by atoms with van der Waals surface area (Å²) in [6.07, 6.45) is 6.20. The van der Waals surface area contributed by atoms with Crippen LogP contribution in [0.25, 0.3) is 0 Å². The lowest BCUT2D eigenvalue weighted by atomic mass is 9.93. The van der Waals surface area contributed by atoms with Crippen LogP contribution in [0.3, 0.4) is 0 Å². The Bertz CT molecular complexity index is 1090. The number of pyridine rings is 2. The van der Waals surface area contributed by atoms with Crippen molar-refractivity contribution in [3.63, 3.8) is 0 Å². The van der Waals surface area contributed by atoms with E-state index in [0.717, 1.165) is 52.8 Å². The van der Waals surface area contributed by atoms with E-state index in [1.165, 1.54) is 0 Å². The van der Waals surface area contributed by atoms with Crippen LogP contribution in [0.15, 0.2) is 53.6 Å². The molecule has 1 aliphatic carbocycles. The lowest BCUT2D eigenvalue weighted by Gasteiger charge is -2.22. The first kappa shape index (κ1) is 18.2. The van der Waals surface area contributed by atoms with Crippen LogP contribution in [-0.4, -0.2) is 15.9 Å². The maximum Gasteiger partial charge on any atom is 0.261 e. The summed E-state index contributed by atoms with van der Waals surface area (Å²) in [5.41, 5.74) is 6.00. The van der Waals surface area contributed by atoms with Crippen molar-refractivity contribution in [3.8, 4) is 0 Å². The van der Waals surface area contributed by atoms with Gasteiger partial charge >= 0.3 is 0 Å². The number of fused-ring (bicyclic) bond motifs is 1. The topological polar surface area (TPSA) is 74.8 Å². The lowest BCUT2D eigenvalue weighted by molar-refractivity contribution is 0.0941. The molecule has 0 saturated heterocycles. The Balaban J connectivity index is 1.73. The summed E-state index contributed by atoms with van der Waals surface area (Å²) >= 11 is 0. The summed E-state index contributed by atoms with van der Waals surface area (Å²) in [7, 11) is 0. The van der Waals surface area contributed by atoms with Crippen LogP contribution < -0.4 is 10.9 Å². The quantitative estimate of drug-likeness (QED) is 0.736. The predicted octanol–water partition coefficient (Wildman–Crippen LogP) is 3.39. The van der Waals surface area contributed by atoms with Crippen molar-refractivity contribution < 1.29 is 4.79 Å². The Labute approximate surface area is 163 Å². The largest absolute Gasteiger partial charge is 0.341 e. The number of benzene rings is 1. The Morgan fingerprint density at radius 1 is 1.11 bits per heavy atom. The number of rotatable bonds is 4. The summed E-state index contributed by atoms with van der Waals surface area (Å²) in [6, 6.07) is 11.3. The first-order valence-electron chi connectivity index (χ1n) is 9.56. The van der Waals surface area contributed by atoms with Crippen molar-refractivity contribution in [1.29, 1.82) is 0 Å². The molecule has 1 aromatic carbocycles. The molecule has 5 heteroatoms. The third-order valence-corrected chi connectivity index (χ3v) is 5.39. The second-order valence-corrected chi connectivity index (χ2v) is 7.42. The van der Waals surface area contributed by atoms with Crippen molar-refractivity contribution in [2.45, 2.75) is 39.2 Å². The van der Waals surface area contributed by atoms with E-state index in [4.69, 9.17) is 0 Å². The minimum atomic E-state index is -0.362. The highest BCUT2D eigenvalue weighted by Crippen LogP contribution is 2.26. The molecule has 1 aliphatic rings. The zero-order valence-electron chi connectivity index (χ0n) is 16.1. The van der Waals surface area contributed by atoms with Crippen molar-refractivity contribution in [2.75, 3.05) is 0 Å². The molecule has 0 spiro atoms. The number of aromatic amines is 1. The molecule has 5 nitrogen and oxygen atoms in total. The van der Waals surface area contributed by atoms with Crippen LogP contribution in [0.1, 0.15) is 56.3 Å². The molecule has 0 fully saturated rings. The molecular formula is C23H23N3O2. The maximum absolute atomic E-state index is 13.1. The molecule has 0 bridgehead atoms. The van der Waals surface area contributed by atoms with E-state index in [1.807, 2.05) is 32.0 Å². The number of nitrogens with zero attached hydrogens (tertiary/aromatic N) is 1. The normalized spacial score (nSPS) is 13.8. The summed E-state index contributed by atoms with van der Waals surface area (Å²) in [6.45, 7) is 4.05. The van der Waals surface area contributed by atoms with E-state index in [0.29, 0.717) is 0 Å². The van der Waals surface area contributed by atoms with Crippen LogP contribution >= 0.6 is 0 Å². The molecule has 1 atom stereocenters. The molecular weight excluding hydrogens is 350 g/mol. The maximum atomic E-state index is 13.1. The molecule has 3 aromatic rings. The second-order valence-electron chi connectivity index (χ2n) is 7.42. The van der Waals surface area contributed by atoms with Crippen LogP contribution in [0.4, 0.5) is 0 Å². The molecule has 2 heterocycles. The highest BCUT2D eigenvalue weighted by molar-refractivity contribution is 5.94. The molecule has 142 valence electrons. The standard InChI is InChI=1S/C23H23N3O2/c1-14-6-7-15(2)18(12-14)21(16-8-10-24-11-9-16)26-23(28)19-13-17-4-3-5-20(17)25-22(19)27/h6-13,21H,3-5H2,1-2H3,(H,25,27)(H,26,28). The predicted molar refractivity (Wildman–Crippen MR) is 109 cm³/mol. The van der Waals surface area contributed by atoms with Gasteiger partial charge in [0, 0.05) is 18.1 Å². The molecule has 0 saturated carbocycles. The van der Waals surface area contributed by atoms with Gasteiger partial charge in [0.25, 0.3) is 11.5 Å². The van der Waals surface area contributed by atoms with Crippen molar-refractivity contribution in [2.24, 2.45) is 0 Å². The second kappa shape index (κ2) is 7.43. The van der Waals surface area contributed by atoms with Crippen LogP contribution in [-0.2, 0) is 12.8 Å². The Kier molecular flexibility index (Phi) is 4.82. The van der Waals surface area contributed by atoms with E-state index in [1.54, 1.807) is 18.5 Å². The number of H-pyrrole nitrogens is 1. The number of aryl methyl sites for hydroxylation is 4. The molecule has 4 rings (SSSR count). The number of carbonyl (C=O) groups is 1. The van der Waals surface area contributed by atoms with Gasteiger partial charge in [-0.05, 0) is 73.6 Å². The van der Waals surface area contributed by atoms with E-state index >= 15 is 0 Å². The molecule has 0 aliphatic heterocycles. The highest BCUT2D eigenvalue weighted by Gasteiger charge is 2.23. The molecule has 2 aromatic heterocycles. The smallest absolute Gasteiger partial charge is 0.261 e. The number of aromatic nitrogens is 2. The fourth-order valence-corrected chi connectivity index (χ4v) is 3.86. The van der Waals surface area contributed by atoms with Gasteiger partial charge in [0.05, 0.1) is 6.04 Å². The van der Waals surface area contributed by atoms with Crippen LogP contribution in [0.2, 0.25) is 0 Å². The van der Waals surface area contributed by atoms with Gasteiger partial charge in [0.15, 0.2) is 0 Å². The summed E-state index contributed by atoms with van der Waals surface area (Å²) in [4.78, 5) is 32.5. The van der Waals surface area contributed by atoms with Gasteiger partial charge < -0.3 is 10.3 Å². The van der Waals surface area contributed by atoms with Gasteiger partial charge in [-0.15, -0.1) is 0 Å². The Morgan fingerprint density at radius 3 is 2.68 bits per heavy atom. The minimum absolute atomic E-state index is 0.171. The minimum Gasteiger partial charge on any atom is -0.341 e. The van der Waals surface area contributed by atoms with Gasteiger partial charge in [0.2, 0.25) is 0 Å². The van der Waals surface area contributed by atoms with E-state index in [9.17, 15) is 9.59 Å². The first-order chi connectivity index (χ1) is 13.5. The third-order valence-electron chi connectivity index (χ3n) is 5.39. The number of carbonyl (C=O) groups excluding carboxylic acids is 1. The number of nitrogens with one attached hydrogen (secondary N) is 2. The molecule has 0 radical (unpaired) electrons. The number of hydrogen-bond acceptors (Lipinski definition) is 3. The van der Waals surface area contributed by atoms with E-state index < -0.39 is 0 Å². The van der Waals surface area contributed by atoms with Gasteiger partial charge in [-0.2, -0.15) is 0 Å². The number of hydrogen-bond donors (Lipinski definition) is 2. The third kappa shape index (κ3) is 3.48. The first-order valence-corrected chi connectivity index (χ1v) is 9.56. The van der Waals surface area contributed by atoms with Crippen molar-refractivity contribution in [1.82, 2.24) is 15.3 Å². The molecule has 1 amide bonds. The lowest BCUT2D eigenvalue weighted by Crippen LogP contribution is -2.34. The molecule has 2 N–H and O–H groups in total. The SMILES string of the molecule is Cc1ccc(C)c(C(NC(=O)c2cc3c([nH]c2=O)CCC3)c2ccncc2)c1. The van der Waals surface area contributed by atoms with Gasteiger partial charge in [-0.1, -0.05) is 23.8 Å². The number of amides is 1. The summed E-state index contributed by atoms with van der Waals surface area (Å²) in [5, 5.41) is 3.08. The Hall–Kier alpha value is -3.21. The van der Waals surface area contributed by atoms with Crippen molar-refractivity contribution in [3.05, 3.63) is 98.2 Å². The average molecular weight is 373 g/mol. The van der Waals surface area contributed by atoms with Gasteiger partial charge in [-0.25, -0.2) is 0 Å². The van der Waals surface area contributed by atoms with Gasteiger partial charge in [0.1, 0.15) is 5.56 Å². The zero-order chi connectivity index (χ0) is 19.7. The molecule has 28 heavy (non-hydrogen) atoms. The highest BCUT2D eigenvalue weighted by atomic mass is 16.2. The van der Waals surface area contributed by atoms with Crippen LogP contribution in [0, 0.1) is 13.8 Å². The summed E-state index contributed by atoms with van der Waals surface area (Å²) < 4.78 is 0. The molecule has 1 unspecified atom stereocenters. The Morgan fingerprint density at radius 2 is 1.89 bits per heavy atom. The zero-order valence-corrected chi connectivity index (χ0v) is 16.1. The van der Waals surface area contributed by atoms with E-state index in [2.05, 4.69) is 27.4 Å².